The Morgan fingerprint density at radius 1 is 1.17 bits per heavy atom. The quantitative estimate of drug-likeness (QED) is 0.806. The molecule has 1 amide bonds. The number of amides is 1. The monoisotopic (exact) mass is 404 g/mol. The molecular weight excluding hydrogens is 383 g/mol. The van der Waals surface area contributed by atoms with E-state index in [0.29, 0.717) is 31.9 Å². The highest BCUT2D eigenvalue weighted by Crippen LogP contribution is 2.31. The van der Waals surface area contributed by atoms with Gasteiger partial charge in [-0.3, -0.25) is 9.48 Å². The van der Waals surface area contributed by atoms with Crippen LogP contribution in [0.15, 0.2) is 30.3 Å². The Kier molecular flexibility index (Phi) is 5.20. The van der Waals surface area contributed by atoms with Gasteiger partial charge in [0.1, 0.15) is 12.4 Å². The highest BCUT2D eigenvalue weighted by atomic mass is 19.1. The lowest BCUT2D eigenvalue weighted by atomic mass is 10.2. The number of carbonyl (C=O) groups is 2. The van der Waals surface area contributed by atoms with E-state index in [1.807, 2.05) is 0 Å². The lowest BCUT2D eigenvalue weighted by Gasteiger charge is -2.36. The predicted molar refractivity (Wildman–Crippen MR) is 98.8 cm³/mol. The fourth-order valence-corrected chi connectivity index (χ4v) is 3.44. The molecule has 2 aliphatic rings. The molecular formula is C19H21FN4O5. The molecule has 0 unspecified atom stereocenters. The summed E-state index contributed by atoms with van der Waals surface area (Å²) in [5.74, 6) is -1.64. The summed E-state index contributed by atoms with van der Waals surface area (Å²) in [6.07, 6.45) is -1.11. The summed E-state index contributed by atoms with van der Waals surface area (Å²) in [7, 11) is 0. The van der Waals surface area contributed by atoms with Gasteiger partial charge in [-0.05, 0) is 37.3 Å². The van der Waals surface area contributed by atoms with Crippen LogP contribution in [0.25, 0.3) is 0 Å². The van der Waals surface area contributed by atoms with Gasteiger partial charge in [0.05, 0.1) is 5.69 Å². The molecule has 3 heterocycles. The second kappa shape index (κ2) is 7.80. The maximum Gasteiger partial charge on any atom is 0.356 e. The first kappa shape index (κ1) is 19.3. The Labute approximate surface area is 166 Å². The lowest BCUT2D eigenvalue weighted by Crippen LogP contribution is -2.49. The second-order valence-electron chi connectivity index (χ2n) is 6.93. The Bertz CT molecular complexity index is 902. The van der Waals surface area contributed by atoms with Crippen LogP contribution in [0.3, 0.4) is 0 Å². The van der Waals surface area contributed by atoms with Gasteiger partial charge in [-0.15, -0.1) is 0 Å². The molecule has 1 N–H and O–H groups in total. The van der Waals surface area contributed by atoms with Gasteiger partial charge in [0.15, 0.2) is 12.0 Å². The van der Waals surface area contributed by atoms with E-state index in [0.717, 1.165) is 5.69 Å². The summed E-state index contributed by atoms with van der Waals surface area (Å²) in [4.78, 5) is 27.8. The Hall–Kier alpha value is -2.98. The molecule has 2 fully saturated rings. The zero-order chi connectivity index (χ0) is 20.5. The average molecular weight is 404 g/mol. The summed E-state index contributed by atoms with van der Waals surface area (Å²) in [5, 5.41) is 13.2. The van der Waals surface area contributed by atoms with Crippen LogP contribution in [-0.4, -0.2) is 64.1 Å². The zero-order valence-corrected chi connectivity index (χ0v) is 15.8. The van der Waals surface area contributed by atoms with E-state index in [-0.39, 0.29) is 30.3 Å². The van der Waals surface area contributed by atoms with Gasteiger partial charge < -0.3 is 24.4 Å². The highest BCUT2D eigenvalue weighted by Gasteiger charge is 2.34. The molecule has 9 nitrogen and oxygen atoms in total. The first-order valence-electron chi connectivity index (χ1n) is 9.31. The molecule has 10 heteroatoms. The van der Waals surface area contributed by atoms with E-state index < -0.39 is 12.3 Å². The Morgan fingerprint density at radius 3 is 2.41 bits per heavy atom. The molecule has 0 saturated carbocycles. The topological polar surface area (TPSA) is 97.1 Å². The molecule has 2 aliphatic heterocycles. The number of carbonyl (C=O) groups excluding carboxylic acids is 1. The number of piperazine rings is 1. The number of hydrogen-bond acceptors (Lipinski definition) is 6. The second-order valence-corrected chi connectivity index (χ2v) is 6.93. The number of hydrogen-bond donors (Lipinski definition) is 1. The molecule has 0 aliphatic carbocycles. The van der Waals surface area contributed by atoms with E-state index in [1.54, 1.807) is 24.0 Å². The lowest BCUT2D eigenvalue weighted by molar-refractivity contribution is -0.384. The first-order chi connectivity index (χ1) is 13.9. The number of carboxylic acid groups (broad SMARTS) is 1. The average Bonchev–Trinajstić information content (AvgIpc) is 3.10. The van der Waals surface area contributed by atoms with Gasteiger partial charge in [-0.1, -0.05) is 0 Å². The van der Waals surface area contributed by atoms with Crippen LogP contribution in [-0.2, 0) is 20.8 Å². The smallest absolute Gasteiger partial charge is 0.356 e. The van der Waals surface area contributed by atoms with Crippen LogP contribution in [0.4, 0.5) is 10.1 Å². The number of nitrogens with zero attached hydrogens (tertiary/aromatic N) is 4. The summed E-state index contributed by atoms with van der Waals surface area (Å²) >= 11 is 0. The largest absolute Gasteiger partial charge is 0.476 e. The molecule has 2 aromatic rings. The van der Waals surface area contributed by atoms with E-state index in [9.17, 15) is 19.1 Å². The minimum atomic E-state index is -1.18. The molecule has 4 rings (SSSR count). The van der Waals surface area contributed by atoms with E-state index in [1.165, 1.54) is 22.9 Å². The number of benzene rings is 1. The molecule has 0 bridgehead atoms. The first-order valence-corrected chi connectivity index (χ1v) is 9.31. The predicted octanol–water partition coefficient (Wildman–Crippen LogP) is 1.46. The number of anilines is 1. The van der Waals surface area contributed by atoms with Gasteiger partial charge in [-0.25, -0.2) is 9.18 Å². The van der Waals surface area contributed by atoms with Crippen molar-refractivity contribution in [3.63, 3.8) is 0 Å². The third kappa shape index (κ3) is 4.08. The van der Waals surface area contributed by atoms with Crippen LogP contribution >= 0.6 is 0 Å². The van der Waals surface area contributed by atoms with Crippen molar-refractivity contribution in [1.82, 2.24) is 14.7 Å². The van der Waals surface area contributed by atoms with Crippen LogP contribution in [0.1, 0.15) is 29.4 Å². The normalized spacial score (nSPS) is 21.7. The molecule has 1 aromatic carbocycles. The fourth-order valence-electron chi connectivity index (χ4n) is 3.44. The van der Waals surface area contributed by atoms with Crippen molar-refractivity contribution >= 4 is 17.6 Å². The van der Waals surface area contributed by atoms with Crippen LogP contribution in [0.2, 0.25) is 0 Å². The van der Waals surface area contributed by atoms with E-state index >= 15 is 0 Å². The third-order valence-corrected chi connectivity index (χ3v) is 5.01. The molecule has 2 saturated heterocycles. The van der Waals surface area contributed by atoms with Gasteiger partial charge in [0, 0.05) is 31.9 Å². The van der Waals surface area contributed by atoms with Crippen molar-refractivity contribution in [2.24, 2.45) is 0 Å². The number of carboxylic acids is 1. The molecule has 1 aromatic heterocycles. The third-order valence-electron chi connectivity index (χ3n) is 5.01. The Balaban J connectivity index is 1.40. The summed E-state index contributed by atoms with van der Waals surface area (Å²) in [5.41, 5.74) is 1.15. The minimum absolute atomic E-state index is 0.100. The van der Waals surface area contributed by atoms with Crippen molar-refractivity contribution in [2.75, 3.05) is 31.1 Å². The van der Waals surface area contributed by atoms with Crippen molar-refractivity contribution in [3.05, 3.63) is 47.5 Å². The highest BCUT2D eigenvalue weighted by molar-refractivity contribution is 5.85. The van der Waals surface area contributed by atoms with Gasteiger partial charge in [0.2, 0.25) is 12.2 Å². The van der Waals surface area contributed by atoms with Gasteiger partial charge >= 0.3 is 5.97 Å². The molecule has 29 heavy (non-hydrogen) atoms. The summed E-state index contributed by atoms with van der Waals surface area (Å²) in [6, 6.07) is 7.62. The van der Waals surface area contributed by atoms with Gasteiger partial charge in [0.25, 0.3) is 0 Å². The molecule has 0 atom stereocenters. The number of aromatic nitrogens is 2. The van der Waals surface area contributed by atoms with Crippen molar-refractivity contribution in [2.45, 2.75) is 26.0 Å². The minimum Gasteiger partial charge on any atom is -0.476 e. The van der Waals surface area contributed by atoms with Crippen molar-refractivity contribution in [3.8, 4) is 0 Å². The number of aromatic carboxylic acids is 1. The number of ether oxygens (including phenoxy) is 2. The molecule has 0 radical (unpaired) electrons. The standard InChI is InChI=1S/C19H21FN4O5/c1-12-28-19(29-12)16-10-15(18(26)27)21-24(16)11-17(25)23-8-6-22(7-9-23)14-4-2-13(20)3-5-14/h2-5,10,12,19H,6-9,11H2,1H3,(H,26,27). The van der Waals surface area contributed by atoms with E-state index in [4.69, 9.17) is 9.47 Å². The van der Waals surface area contributed by atoms with Crippen molar-refractivity contribution < 1.29 is 28.6 Å². The van der Waals surface area contributed by atoms with Crippen LogP contribution < -0.4 is 4.90 Å². The van der Waals surface area contributed by atoms with Crippen molar-refractivity contribution in [1.29, 1.82) is 0 Å². The summed E-state index contributed by atoms with van der Waals surface area (Å²) in [6.45, 7) is 3.88. The van der Waals surface area contributed by atoms with Gasteiger partial charge in [-0.2, -0.15) is 5.10 Å². The number of rotatable bonds is 5. The summed E-state index contributed by atoms with van der Waals surface area (Å²) < 4.78 is 25.3. The Morgan fingerprint density at radius 2 is 1.83 bits per heavy atom. The zero-order valence-electron chi connectivity index (χ0n) is 15.8. The fraction of sp³-hybridized carbons (Fsp3) is 0.421. The maximum atomic E-state index is 13.1. The SMILES string of the molecule is CC1OC(c2cc(C(=O)O)nn2CC(=O)N2CCN(c3ccc(F)cc3)CC2)O1. The molecule has 154 valence electrons. The van der Waals surface area contributed by atoms with Crippen LogP contribution in [0.5, 0.6) is 0 Å². The van der Waals surface area contributed by atoms with E-state index in [2.05, 4.69) is 10.00 Å². The maximum absolute atomic E-state index is 13.1. The van der Waals surface area contributed by atoms with Crippen LogP contribution in [0, 0.1) is 5.82 Å². The number of halogens is 1. The molecule has 0 spiro atoms.